The summed E-state index contributed by atoms with van der Waals surface area (Å²) < 4.78 is 67.0. The van der Waals surface area contributed by atoms with Gasteiger partial charge in [-0.15, -0.1) is 0 Å². The van der Waals surface area contributed by atoms with Gasteiger partial charge in [0, 0.05) is 18.7 Å². The number of amides is 2. The van der Waals surface area contributed by atoms with Crippen LogP contribution in [-0.4, -0.2) is 58.0 Å². The third kappa shape index (κ3) is 7.85. The molecule has 4 rings (SSSR count). The molecule has 3 aromatic carbocycles. The minimum absolute atomic E-state index is 0.0115. The first-order valence-electron chi connectivity index (χ1n) is 14.4. The van der Waals surface area contributed by atoms with Crippen molar-refractivity contribution in [3.63, 3.8) is 0 Å². The van der Waals surface area contributed by atoms with Crippen molar-refractivity contribution < 1.29 is 36.3 Å². The lowest BCUT2D eigenvalue weighted by Gasteiger charge is -2.33. The molecular weight excluding hydrogens is 592 g/mol. The van der Waals surface area contributed by atoms with Crippen LogP contribution in [0.25, 0.3) is 0 Å². The molecule has 1 fully saturated rings. The van der Waals surface area contributed by atoms with Gasteiger partial charge in [-0.2, -0.15) is 0 Å². The van der Waals surface area contributed by atoms with Gasteiger partial charge in [0.15, 0.2) is 11.5 Å². The Morgan fingerprint density at radius 1 is 0.886 bits per heavy atom. The molecule has 1 aliphatic carbocycles. The van der Waals surface area contributed by atoms with Crippen molar-refractivity contribution in [3.05, 3.63) is 83.9 Å². The summed E-state index contributed by atoms with van der Waals surface area (Å²) >= 11 is 0. The second kappa shape index (κ2) is 14.5. The zero-order chi connectivity index (χ0) is 31.9. The summed E-state index contributed by atoms with van der Waals surface area (Å²) in [6.07, 6.45) is 4.78. The second-order valence-electron chi connectivity index (χ2n) is 10.7. The van der Waals surface area contributed by atoms with Crippen molar-refractivity contribution in [1.29, 1.82) is 0 Å². The smallest absolute Gasteiger partial charge is 0.264 e. The fourth-order valence-electron chi connectivity index (χ4n) is 5.18. The number of halogens is 2. The standard InChI is InChI=1S/C32H37F2N3O6S/c1-22(32(39)35-26-7-5-4-6-8-26)36(20-23-9-11-24(33)12-10-23)31(38)21-37(27-15-13-25(34)14-16-27)44(40,41)28-17-18-29(42-2)30(19-28)43-3/h9-19,22,26H,4-8,20-21H2,1-3H3,(H,35,39)/t22-/m1/s1. The zero-order valence-electron chi connectivity index (χ0n) is 25.0. The number of nitrogens with one attached hydrogen (secondary N) is 1. The van der Waals surface area contributed by atoms with E-state index in [4.69, 9.17) is 9.47 Å². The monoisotopic (exact) mass is 629 g/mol. The zero-order valence-corrected chi connectivity index (χ0v) is 25.8. The average Bonchev–Trinajstić information content (AvgIpc) is 3.03. The first kappa shape index (κ1) is 32.7. The van der Waals surface area contributed by atoms with Crippen LogP contribution in [0, 0.1) is 11.6 Å². The summed E-state index contributed by atoms with van der Waals surface area (Å²) in [7, 11) is -1.65. The maximum Gasteiger partial charge on any atom is 0.264 e. The van der Waals surface area contributed by atoms with E-state index in [9.17, 15) is 26.8 Å². The van der Waals surface area contributed by atoms with Crippen molar-refractivity contribution in [2.45, 2.75) is 62.6 Å². The Hall–Kier alpha value is -4.19. The molecule has 0 saturated heterocycles. The van der Waals surface area contributed by atoms with E-state index in [1.54, 1.807) is 6.92 Å². The molecule has 0 bridgehead atoms. The molecule has 0 heterocycles. The topological polar surface area (TPSA) is 105 Å². The molecule has 236 valence electrons. The van der Waals surface area contributed by atoms with Crippen molar-refractivity contribution in [2.24, 2.45) is 0 Å². The normalized spacial score (nSPS) is 14.4. The molecule has 0 spiro atoms. The largest absolute Gasteiger partial charge is 0.493 e. The van der Waals surface area contributed by atoms with Gasteiger partial charge >= 0.3 is 0 Å². The summed E-state index contributed by atoms with van der Waals surface area (Å²) in [5.74, 6) is -1.64. The molecule has 1 aliphatic rings. The molecule has 1 saturated carbocycles. The summed E-state index contributed by atoms with van der Waals surface area (Å²) in [6, 6.07) is 13.2. The fourth-order valence-corrected chi connectivity index (χ4v) is 6.61. The number of anilines is 1. The average molecular weight is 630 g/mol. The number of ether oxygens (including phenoxy) is 2. The van der Waals surface area contributed by atoms with Crippen LogP contribution in [-0.2, 0) is 26.2 Å². The van der Waals surface area contributed by atoms with Gasteiger partial charge in [0.1, 0.15) is 24.2 Å². The molecule has 0 radical (unpaired) electrons. The van der Waals surface area contributed by atoms with Gasteiger partial charge < -0.3 is 19.7 Å². The Morgan fingerprint density at radius 3 is 2.07 bits per heavy atom. The van der Waals surface area contributed by atoms with Crippen LogP contribution in [0.1, 0.15) is 44.6 Å². The number of carbonyl (C=O) groups is 2. The van der Waals surface area contributed by atoms with Gasteiger partial charge in [0.2, 0.25) is 11.8 Å². The minimum atomic E-state index is -4.42. The number of nitrogens with zero attached hydrogens (tertiary/aromatic N) is 2. The molecule has 1 atom stereocenters. The Morgan fingerprint density at radius 2 is 1.48 bits per heavy atom. The summed E-state index contributed by atoms with van der Waals surface area (Å²) in [4.78, 5) is 28.5. The van der Waals surface area contributed by atoms with Crippen LogP contribution in [0.15, 0.2) is 71.6 Å². The summed E-state index contributed by atoms with van der Waals surface area (Å²) in [6.45, 7) is 0.793. The van der Waals surface area contributed by atoms with Crippen molar-refractivity contribution >= 4 is 27.5 Å². The number of rotatable bonds is 12. The predicted octanol–water partition coefficient (Wildman–Crippen LogP) is 5.04. The fraction of sp³-hybridized carbons (Fsp3) is 0.375. The number of benzene rings is 3. The minimum Gasteiger partial charge on any atom is -0.493 e. The van der Waals surface area contributed by atoms with Gasteiger partial charge in [0.05, 0.1) is 24.8 Å². The van der Waals surface area contributed by atoms with Crippen molar-refractivity contribution in [3.8, 4) is 11.5 Å². The quantitative estimate of drug-likeness (QED) is 0.301. The molecule has 12 heteroatoms. The van der Waals surface area contributed by atoms with Crippen molar-refractivity contribution in [1.82, 2.24) is 10.2 Å². The molecular formula is C32H37F2N3O6S. The molecule has 9 nitrogen and oxygen atoms in total. The van der Waals surface area contributed by atoms with Gasteiger partial charge in [-0.1, -0.05) is 31.4 Å². The third-order valence-electron chi connectivity index (χ3n) is 7.72. The maximum atomic E-state index is 14.1. The van der Waals surface area contributed by atoms with Crippen LogP contribution < -0.4 is 19.1 Å². The van der Waals surface area contributed by atoms with E-state index in [-0.39, 0.29) is 34.8 Å². The van der Waals surface area contributed by atoms with E-state index in [0.29, 0.717) is 11.3 Å². The lowest BCUT2D eigenvalue weighted by atomic mass is 9.95. The van der Waals surface area contributed by atoms with E-state index in [0.717, 1.165) is 48.5 Å². The molecule has 3 aromatic rings. The van der Waals surface area contributed by atoms with E-state index < -0.39 is 40.2 Å². The SMILES string of the molecule is COc1ccc(S(=O)(=O)N(CC(=O)N(Cc2ccc(F)cc2)[C@H](C)C(=O)NC2CCCCC2)c2ccc(F)cc2)cc1OC. The highest BCUT2D eigenvalue weighted by atomic mass is 32.2. The number of methoxy groups -OCH3 is 2. The molecule has 2 amide bonds. The lowest BCUT2D eigenvalue weighted by Crippen LogP contribution is -2.53. The number of carbonyl (C=O) groups excluding carboxylic acids is 2. The Kier molecular flexibility index (Phi) is 10.8. The first-order chi connectivity index (χ1) is 21.0. The van der Waals surface area contributed by atoms with Crippen LogP contribution in [0.3, 0.4) is 0 Å². The van der Waals surface area contributed by atoms with E-state index >= 15 is 0 Å². The predicted molar refractivity (Wildman–Crippen MR) is 162 cm³/mol. The van der Waals surface area contributed by atoms with Gasteiger partial charge in [-0.05, 0) is 73.9 Å². The Labute approximate surface area is 256 Å². The van der Waals surface area contributed by atoms with E-state index in [1.807, 2.05) is 0 Å². The highest BCUT2D eigenvalue weighted by Gasteiger charge is 2.33. The van der Waals surface area contributed by atoms with Crippen LogP contribution >= 0.6 is 0 Å². The first-order valence-corrected chi connectivity index (χ1v) is 15.8. The molecule has 0 unspecified atom stereocenters. The van der Waals surface area contributed by atoms with Gasteiger partial charge in [0.25, 0.3) is 10.0 Å². The summed E-state index contributed by atoms with van der Waals surface area (Å²) in [5, 5.41) is 3.03. The molecule has 44 heavy (non-hydrogen) atoms. The Bertz CT molecular complexity index is 1550. The lowest BCUT2D eigenvalue weighted by molar-refractivity contribution is -0.139. The van der Waals surface area contributed by atoms with E-state index in [1.165, 1.54) is 73.7 Å². The van der Waals surface area contributed by atoms with Crippen molar-refractivity contribution in [2.75, 3.05) is 25.1 Å². The third-order valence-corrected chi connectivity index (χ3v) is 9.49. The van der Waals surface area contributed by atoms with Gasteiger partial charge in [-0.3, -0.25) is 13.9 Å². The van der Waals surface area contributed by atoms with E-state index in [2.05, 4.69) is 5.32 Å². The highest BCUT2D eigenvalue weighted by Crippen LogP contribution is 2.32. The summed E-state index contributed by atoms with van der Waals surface area (Å²) in [5.41, 5.74) is 0.587. The number of sulfonamides is 1. The van der Waals surface area contributed by atoms with Crippen LogP contribution in [0.5, 0.6) is 11.5 Å². The molecule has 0 aromatic heterocycles. The second-order valence-corrected chi connectivity index (χ2v) is 12.5. The number of hydrogen-bond acceptors (Lipinski definition) is 6. The van der Waals surface area contributed by atoms with Crippen LogP contribution in [0.2, 0.25) is 0 Å². The van der Waals surface area contributed by atoms with Crippen LogP contribution in [0.4, 0.5) is 14.5 Å². The molecule has 1 N–H and O–H groups in total. The van der Waals surface area contributed by atoms with Gasteiger partial charge in [-0.25, -0.2) is 17.2 Å². The number of hydrogen-bond donors (Lipinski definition) is 1. The maximum absolute atomic E-state index is 14.1. The Balaban J connectivity index is 1.70. The molecule has 0 aliphatic heterocycles. The highest BCUT2D eigenvalue weighted by molar-refractivity contribution is 7.92.